The number of rotatable bonds is 9. The van der Waals surface area contributed by atoms with Crippen LogP contribution >= 0.6 is 0 Å². The van der Waals surface area contributed by atoms with E-state index >= 15 is 0 Å². The van der Waals surface area contributed by atoms with Crippen molar-refractivity contribution in [3.8, 4) is 0 Å². The summed E-state index contributed by atoms with van der Waals surface area (Å²) < 4.78 is 4.95. The zero-order valence-electron chi connectivity index (χ0n) is 10.3. The van der Waals surface area contributed by atoms with E-state index < -0.39 is 0 Å². The Kier molecular flexibility index (Phi) is 8.92. The van der Waals surface area contributed by atoms with E-state index in [-0.39, 0.29) is 37.0 Å². The fraction of sp³-hybridized carbons (Fsp3) is 0.900. The fourth-order valence-corrected chi connectivity index (χ4v) is 1.31. The zero-order chi connectivity index (χ0) is 13.3. The molecule has 0 spiro atoms. The van der Waals surface area contributed by atoms with Crippen molar-refractivity contribution in [2.24, 2.45) is 11.7 Å². The van der Waals surface area contributed by atoms with Crippen LogP contribution in [0.2, 0.25) is 0 Å². The van der Waals surface area contributed by atoms with Gasteiger partial charge in [-0.2, -0.15) is 0 Å². The molecular formula is C10H22N2O5. The molecular weight excluding hydrogens is 228 g/mol. The summed E-state index contributed by atoms with van der Waals surface area (Å²) >= 11 is 0. The van der Waals surface area contributed by atoms with Crippen LogP contribution in [0.4, 0.5) is 0 Å². The molecule has 0 rings (SSSR count). The molecule has 0 amide bonds. The van der Waals surface area contributed by atoms with Crippen molar-refractivity contribution < 1.29 is 24.8 Å². The Bertz CT molecular complexity index is 211. The third kappa shape index (κ3) is 11.5. The second-order valence-electron chi connectivity index (χ2n) is 4.26. The maximum absolute atomic E-state index is 11.2. The summed E-state index contributed by atoms with van der Waals surface area (Å²) in [6, 6.07) is -0.138. The van der Waals surface area contributed by atoms with Crippen LogP contribution in [-0.2, 0) is 14.4 Å². The van der Waals surface area contributed by atoms with Gasteiger partial charge >= 0.3 is 5.97 Å². The molecule has 7 heteroatoms. The van der Waals surface area contributed by atoms with Crippen molar-refractivity contribution in [3.05, 3.63) is 0 Å². The highest BCUT2D eigenvalue weighted by Crippen LogP contribution is 2.03. The molecule has 0 aromatic rings. The molecule has 0 aromatic heterocycles. The van der Waals surface area contributed by atoms with Crippen molar-refractivity contribution in [3.63, 3.8) is 0 Å². The van der Waals surface area contributed by atoms with Gasteiger partial charge in [-0.1, -0.05) is 13.8 Å². The molecule has 4 N–H and O–H groups in total. The van der Waals surface area contributed by atoms with Crippen molar-refractivity contribution in [1.29, 1.82) is 0 Å². The van der Waals surface area contributed by atoms with Crippen molar-refractivity contribution in [2.45, 2.75) is 39.2 Å². The second kappa shape index (κ2) is 9.32. The fourth-order valence-electron chi connectivity index (χ4n) is 1.31. The van der Waals surface area contributed by atoms with Crippen LogP contribution in [0.1, 0.15) is 33.1 Å². The lowest BCUT2D eigenvalue weighted by molar-refractivity contribution is -0.492. The number of carbonyl (C=O) groups excluding carboxylic acids is 1. The Morgan fingerprint density at radius 3 is 2.59 bits per heavy atom. The average Bonchev–Trinajstić information content (AvgIpc) is 2.20. The van der Waals surface area contributed by atoms with Gasteiger partial charge in [-0.15, -0.1) is 0 Å². The van der Waals surface area contributed by atoms with Crippen molar-refractivity contribution >= 4 is 5.97 Å². The predicted octanol–water partition coefficient (Wildman–Crippen LogP) is 0.695. The molecule has 0 saturated heterocycles. The average molecular weight is 250 g/mol. The molecule has 0 aliphatic carbocycles. The van der Waals surface area contributed by atoms with E-state index in [1.54, 1.807) is 0 Å². The first-order valence-electron chi connectivity index (χ1n) is 5.63. The molecule has 102 valence electrons. The Morgan fingerprint density at radius 1 is 1.41 bits per heavy atom. The third-order valence-electron chi connectivity index (χ3n) is 1.96. The van der Waals surface area contributed by atoms with Crippen molar-refractivity contribution in [2.75, 3.05) is 13.2 Å². The summed E-state index contributed by atoms with van der Waals surface area (Å²) in [5, 5.41) is 16.0. The van der Waals surface area contributed by atoms with Gasteiger partial charge in [-0.3, -0.25) is 20.0 Å². The lowest BCUT2D eigenvalue weighted by atomic mass is 10.1. The minimum absolute atomic E-state index is 0.0279. The number of hydrogen-bond donors (Lipinski definition) is 3. The lowest BCUT2D eigenvalue weighted by Gasteiger charge is -2.14. The molecule has 17 heavy (non-hydrogen) atoms. The number of hydrogen-bond acceptors (Lipinski definition) is 7. The molecule has 1 atom stereocenters. The van der Waals surface area contributed by atoms with Crippen LogP contribution in [0.3, 0.4) is 0 Å². The van der Waals surface area contributed by atoms with Crippen LogP contribution in [-0.4, -0.2) is 41.0 Å². The highest BCUT2D eigenvalue weighted by atomic mass is 17.1. The van der Waals surface area contributed by atoms with Crippen LogP contribution < -0.4 is 5.73 Å². The molecule has 0 fully saturated rings. The van der Waals surface area contributed by atoms with E-state index in [1.807, 2.05) is 0 Å². The molecule has 0 aromatic carbocycles. The highest BCUT2D eigenvalue weighted by molar-refractivity contribution is 5.69. The summed E-state index contributed by atoms with van der Waals surface area (Å²) in [7, 11) is 0. The SMILES string of the molecule is CC(C)CC(N)COC(=O)CCCON(O)O. The second-order valence-corrected chi connectivity index (χ2v) is 4.26. The molecule has 0 saturated carbocycles. The Morgan fingerprint density at radius 2 is 2.06 bits per heavy atom. The largest absolute Gasteiger partial charge is 0.464 e. The van der Waals surface area contributed by atoms with E-state index in [0.29, 0.717) is 12.3 Å². The third-order valence-corrected chi connectivity index (χ3v) is 1.96. The molecule has 0 radical (unpaired) electrons. The lowest BCUT2D eigenvalue weighted by Crippen LogP contribution is -2.29. The maximum atomic E-state index is 11.2. The van der Waals surface area contributed by atoms with Gasteiger partial charge in [0.05, 0.1) is 12.0 Å². The summed E-state index contributed by atoms with van der Waals surface area (Å²) in [6.07, 6.45) is 1.30. The Labute approximate surface area is 101 Å². The maximum Gasteiger partial charge on any atom is 0.305 e. The first-order chi connectivity index (χ1) is 7.91. The number of carbonyl (C=O) groups is 1. The van der Waals surface area contributed by atoms with Gasteiger partial charge in [0, 0.05) is 12.5 Å². The van der Waals surface area contributed by atoms with Crippen LogP contribution in [0, 0.1) is 5.92 Å². The van der Waals surface area contributed by atoms with Gasteiger partial charge in [-0.05, 0) is 18.8 Å². The summed E-state index contributed by atoms with van der Waals surface area (Å²) in [5.41, 5.74) is 5.74. The standard InChI is InChI=1S/C10H22N2O5/c1-8(2)6-9(11)7-16-10(13)4-3-5-17-12(14)15/h8-9,14-15H,3-7,11H2,1-2H3. The molecule has 0 aliphatic rings. The quantitative estimate of drug-likeness (QED) is 0.314. The number of nitrogens with two attached hydrogens (primary N) is 1. The van der Waals surface area contributed by atoms with Gasteiger partial charge in [0.25, 0.3) is 0 Å². The number of esters is 1. The van der Waals surface area contributed by atoms with Gasteiger partial charge in [0.15, 0.2) is 0 Å². The summed E-state index contributed by atoms with van der Waals surface area (Å²) in [5.74, 6) is 0.104. The van der Waals surface area contributed by atoms with Crippen molar-refractivity contribution in [1.82, 2.24) is 5.39 Å². The Balaban J connectivity index is 3.46. The van der Waals surface area contributed by atoms with Gasteiger partial charge in [-0.25, -0.2) is 0 Å². The first-order valence-corrected chi connectivity index (χ1v) is 5.63. The van der Waals surface area contributed by atoms with E-state index in [0.717, 1.165) is 6.42 Å². The minimum atomic E-state index is -0.385. The smallest absolute Gasteiger partial charge is 0.305 e. The molecule has 0 bridgehead atoms. The first kappa shape index (κ1) is 16.3. The van der Waals surface area contributed by atoms with Gasteiger partial charge < -0.3 is 10.5 Å². The minimum Gasteiger partial charge on any atom is -0.464 e. The van der Waals surface area contributed by atoms with Crippen LogP contribution in [0.15, 0.2) is 0 Å². The van der Waals surface area contributed by atoms with Crippen LogP contribution in [0.25, 0.3) is 0 Å². The Hall–Kier alpha value is -0.730. The van der Waals surface area contributed by atoms with Crippen LogP contribution in [0.5, 0.6) is 0 Å². The molecule has 1 unspecified atom stereocenters. The molecule has 7 nitrogen and oxygen atoms in total. The summed E-state index contributed by atoms with van der Waals surface area (Å²) in [4.78, 5) is 15.5. The van der Waals surface area contributed by atoms with E-state index in [9.17, 15) is 4.79 Å². The predicted molar refractivity (Wildman–Crippen MR) is 59.0 cm³/mol. The topological polar surface area (TPSA) is 105 Å². The van der Waals surface area contributed by atoms with E-state index in [4.69, 9.17) is 20.9 Å². The zero-order valence-corrected chi connectivity index (χ0v) is 10.3. The monoisotopic (exact) mass is 250 g/mol. The number of ether oxygens (including phenoxy) is 1. The molecule has 0 aliphatic heterocycles. The van der Waals surface area contributed by atoms with E-state index in [2.05, 4.69) is 18.7 Å². The van der Waals surface area contributed by atoms with Gasteiger partial charge in [0.1, 0.15) is 6.61 Å². The molecule has 0 heterocycles. The number of nitrogens with zero attached hydrogens (tertiary/aromatic N) is 1. The van der Waals surface area contributed by atoms with Gasteiger partial charge in [0.2, 0.25) is 0 Å². The highest BCUT2D eigenvalue weighted by Gasteiger charge is 2.09. The van der Waals surface area contributed by atoms with E-state index in [1.165, 1.54) is 0 Å². The summed E-state index contributed by atoms with van der Waals surface area (Å²) in [6.45, 7) is 4.34. The normalized spacial score (nSPS) is 13.1.